The molecular formula is C18H20ClN3O3. The molecule has 2 aromatic rings. The van der Waals surface area contributed by atoms with Crippen LogP contribution in [0.4, 0.5) is 0 Å². The predicted octanol–water partition coefficient (Wildman–Crippen LogP) is 2.54. The molecule has 1 amide bonds. The standard InChI is InChI=1S/C18H20ClN3O3/c19-15-8-13(9-16-18(15)25-7-6-24-16)10-17(23)22-4-1-2-14(22)11-21-5-3-20-12-21/h3,5,8-9,12,14H,1-2,4,6-7,10-11H2/t14-/m1/s1. The summed E-state index contributed by atoms with van der Waals surface area (Å²) in [5, 5.41) is 0.497. The molecule has 2 aliphatic rings. The Kier molecular flexibility index (Phi) is 4.53. The van der Waals surface area contributed by atoms with Gasteiger partial charge in [0.1, 0.15) is 13.2 Å². The number of likely N-dealkylation sites (tertiary alicyclic amines) is 1. The average molecular weight is 362 g/mol. The highest BCUT2D eigenvalue weighted by molar-refractivity contribution is 6.32. The van der Waals surface area contributed by atoms with Crippen LogP contribution in [0.25, 0.3) is 0 Å². The van der Waals surface area contributed by atoms with Gasteiger partial charge in [-0.25, -0.2) is 4.98 Å². The van der Waals surface area contributed by atoms with Gasteiger partial charge in [-0.1, -0.05) is 11.6 Å². The molecule has 0 aliphatic carbocycles. The summed E-state index contributed by atoms with van der Waals surface area (Å²) >= 11 is 6.27. The minimum Gasteiger partial charge on any atom is -0.486 e. The van der Waals surface area contributed by atoms with Gasteiger partial charge in [0, 0.05) is 31.5 Å². The fourth-order valence-corrected chi connectivity index (χ4v) is 3.82. The molecular weight excluding hydrogens is 342 g/mol. The lowest BCUT2D eigenvalue weighted by Gasteiger charge is -2.25. The lowest BCUT2D eigenvalue weighted by Crippen LogP contribution is -2.38. The maximum Gasteiger partial charge on any atom is 0.227 e. The van der Waals surface area contributed by atoms with Crippen molar-refractivity contribution in [3.63, 3.8) is 0 Å². The Bertz CT molecular complexity index is 763. The quantitative estimate of drug-likeness (QED) is 0.839. The normalized spacial score (nSPS) is 19.2. The zero-order valence-electron chi connectivity index (χ0n) is 13.9. The molecule has 0 unspecified atom stereocenters. The Morgan fingerprint density at radius 2 is 2.20 bits per heavy atom. The first kappa shape index (κ1) is 16.3. The molecule has 1 aromatic heterocycles. The Labute approximate surface area is 151 Å². The van der Waals surface area contributed by atoms with Crippen LogP contribution in [-0.2, 0) is 17.8 Å². The summed E-state index contributed by atoms with van der Waals surface area (Å²) in [5.41, 5.74) is 0.854. The van der Waals surface area contributed by atoms with Crippen molar-refractivity contribution in [2.24, 2.45) is 0 Å². The highest BCUT2D eigenvalue weighted by atomic mass is 35.5. The van der Waals surface area contributed by atoms with Gasteiger partial charge < -0.3 is 18.9 Å². The summed E-state index contributed by atoms with van der Waals surface area (Å²) in [6.07, 6.45) is 7.86. The van der Waals surface area contributed by atoms with Crippen molar-refractivity contribution in [1.29, 1.82) is 0 Å². The second kappa shape index (κ2) is 6.96. The summed E-state index contributed by atoms with van der Waals surface area (Å²) in [6, 6.07) is 3.88. The fourth-order valence-electron chi connectivity index (χ4n) is 3.53. The Balaban J connectivity index is 1.47. The van der Waals surface area contributed by atoms with Gasteiger partial charge in [0.05, 0.1) is 17.8 Å². The third kappa shape index (κ3) is 3.44. The van der Waals surface area contributed by atoms with Crippen LogP contribution in [0, 0.1) is 0 Å². The first-order valence-electron chi connectivity index (χ1n) is 8.54. The van der Waals surface area contributed by atoms with Crippen molar-refractivity contribution in [2.45, 2.75) is 31.8 Å². The van der Waals surface area contributed by atoms with E-state index in [1.165, 1.54) is 0 Å². The summed E-state index contributed by atoms with van der Waals surface area (Å²) < 4.78 is 13.2. The number of amides is 1. The average Bonchev–Trinajstić information content (AvgIpc) is 3.27. The van der Waals surface area contributed by atoms with Crippen LogP contribution in [0.5, 0.6) is 11.5 Å². The van der Waals surface area contributed by atoms with E-state index in [0.717, 1.165) is 31.5 Å². The number of benzene rings is 1. The minimum atomic E-state index is 0.121. The van der Waals surface area contributed by atoms with Gasteiger partial charge in [-0.15, -0.1) is 0 Å². The van der Waals surface area contributed by atoms with Gasteiger partial charge in [-0.3, -0.25) is 4.79 Å². The highest BCUT2D eigenvalue weighted by Crippen LogP contribution is 2.38. The Hall–Kier alpha value is -2.21. The number of rotatable bonds is 4. The second-order valence-corrected chi connectivity index (χ2v) is 6.83. The molecule has 0 N–H and O–H groups in total. The third-order valence-electron chi connectivity index (χ3n) is 4.69. The van der Waals surface area contributed by atoms with E-state index in [-0.39, 0.29) is 11.9 Å². The van der Waals surface area contributed by atoms with Crippen LogP contribution in [0.1, 0.15) is 18.4 Å². The van der Waals surface area contributed by atoms with Gasteiger partial charge in [-0.2, -0.15) is 0 Å². The Morgan fingerprint density at radius 3 is 3.04 bits per heavy atom. The first-order valence-corrected chi connectivity index (χ1v) is 8.92. The zero-order chi connectivity index (χ0) is 17.2. The molecule has 1 fully saturated rings. The van der Waals surface area contributed by atoms with Crippen molar-refractivity contribution in [3.05, 3.63) is 41.4 Å². The molecule has 0 bridgehead atoms. The van der Waals surface area contributed by atoms with Gasteiger partial charge in [0.15, 0.2) is 11.5 Å². The van der Waals surface area contributed by atoms with Gasteiger partial charge >= 0.3 is 0 Å². The summed E-state index contributed by atoms with van der Waals surface area (Å²) in [6.45, 7) is 2.58. The molecule has 0 radical (unpaired) electrons. The van der Waals surface area contributed by atoms with Gasteiger partial charge in [-0.05, 0) is 30.5 Å². The zero-order valence-corrected chi connectivity index (χ0v) is 14.6. The van der Waals surface area contributed by atoms with Crippen molar-refractivity contribution >= 4 is 17.5 Å². The number of fused-ring (bicyclic) bond motifs is 1. The number of carbonyl (C=O) groups is 1. The van der Waals surface area contributed by atoms with E-state index in [2.05, 4.69) is 4.98 Å². The van der Waals surface area contributed by atoms with Crippen LogP contribution in [0.3, 0.4) is 0 Å². The van der Waals surface area contributed by atoms with Crippen molar-refractivity contribution in [3.8, 4) is 11.5 Å². The van der Waals surface area contributed by atoms with E-state index in [9.17, 15) is 4.79 Å². The molecule has 132 valence electrons. The topological polar surface area (TPSA) is 56.6 Å². The molecule has 4 rings (SSSR count). The lowest BCUT2D eigenvalue weighted by atomic mass is 10.1. The largest absolute Gasteiger partial charge is 0.486 e. The molecule has 6 nitrogen and oxygen atoms in total. The van der Waals surface area contributed by atoms with E-state index < -0.39 is 0 Å². The second-order valence-electron chi connectivity index (χ2n) is 6.42. The summed E-state index contributed by atoms with van der Waals surface area (Å²) in [7, 11) is 0. The number of halogens is 1. The minimum absolute atomic E-state index is 0.121. The maximum atomic E-state index is 12.8. The molecule has 0 saturated carbocycles. The van der Waals surface area contributed by atoms with Crippen LogP contribution in [-0.4, -0.2) is 46.2 Å². The van der Waals surface area contributed by atoms with Gasteiger partial charge in [0.2, 0.25) is 5.91 Å². The van der Waals surface area contributed by atoms with E-state index in [1.54, 1.807) is 18.6 Å². The third-order valence-corrected chi connectivity index (χ3v) is 4.97. The van der Waals surface area contributed by atoms with Crippen LogP contribution < -0.4 is 9.47 Å². The van der Waals surface area contributed by atoms with Crippen LogP contribution in [0.15, 0.2) is 30.9 Å². The molecule has 3 heterocycles. The molecule has 0 spiro atoms. The summed E-state index contributed by atoms with van der Waals surface area (Å²) in [4.78, 5) is 18.9. The SMILES string of the molecule is O=C(Cc1cc(Cl)c2c(c1)OCCO2)N1CCC[C@@H]1Cn1ccnc1. The smallest absolute Gasteiger partial charge is 0.227 e. The molecule has 7 heteroatoms. The molecule has 1 atom stereocenters. The van der Waals surface area contributed by atoms with E-state index >= 15 is 0 Å². The predicted molar refractivity (Wildman–Crippen MR) is 93.1 cm³/mol. The van der Waals surface area contributed by atoms with E-state index in [4.69, 9.17) is 21.1 Å². The maximum absolute atomic E-state index is 12.8. The van der Waals surface area contributed by atoms with Gasteiger partial charge in [0.25, 0.3) is 0 Å². The number of imidazole rings is 1. The number of nitrogens with zero attached hydrogens (tertiary/aromatic N) is 3. The number of hydrogen-bond acceptors (Lipinski definition) is 4. The van der Waals surface area contributed by atoms with E-state index in [0.29, 0.717) is 36.2 Å². The van der Waals surface area contributed by atoms with Crippen molar-refractivity contribution < 1.29 is 14.3 Å². The number of carbonyl (C=O) groups excluding carboxylic acids is 1. The molecule has 25 heavy (non-hydrogen) atoms. The molecule has 2 aliphatic heterocycles. The summed E-state index contributed by atoms with van der Waals surface area (Å²) in [5.74, 6) is 1.32. The van der Waals surface area contributed by atoms with Crippen molar-refractivity contribution in [1.82, 2.24) is 14.5 Å². The highest BCUT2D eigenvalue weighted by Gasteiger charge is 2.29. The number of hydrogen-bond donors (Lipinski definition) is 0. The Morgan fingerprint density at radius 1 is 1.32 bits per heavy atom. The molecule has 1 saturated heterocycles. The molecule has 1 aromatic carbocycles. The van der Waals surface area contributed by atoms with Crippen LogP contribution in [0.2, 0.25) is 5.02 Å². The first-order chi connectivity index (χ1) is 12.2. The monoisotopic (exact) mass is 361 g/mol. The number of aromatic nitrogens is 2. The fraction of sp³-hybridized carbons (Fsp3) is 0.444. The number of ether oxygens (including phenoxy) is 2. The van der Waals surface area contributed by atoms with Crippen LogP contribution >= 0.6 is 11.6 Å². The lowest BCUT2D eigenvalue weighted by molar-refractivity contribution is -0.131. The van der Waals surface area contributed by atoms with Crippen molar-refractivity contribution in [2.75, 3.05) is 19.8 Å². The van der Waals surface area contributed by atoms with E-state index in [1.807, 2.05) is 21.7 Å².